The highest BCUT2D eigenvalue weighted by atomic mass is 16.1. The van der Waals surface area contributed by atoms with Crippen LogP contribution in [0.3, 0.4) is 0 Å². The molecule has 0 fully saturated rings. The molecule has 3 aromatic rings. The highest BCUT2D eigenvalue weighted by molar-refractivity contribution is 5.83. The van der Waals surface area contributed by atoms with Gasteiger partial charge in [0, 0.05) is 0 Å². The van der Waals surface area contributed by atoms with Gasteiger partial charge in [-0.3, -0.25) is 4.79 Å². The summed E-state index contributed by atoms with van der Waals surface area (Å²) in [5, 5.41) is 0.620. The fourth-order valence-corrected chi connectivity index (χ4v) is 2.13. The zero-order valence-electron chi connectivity index (χ0n) is 9.97. The fraction of sp³-hybridized carbons (Fsp3) is 0.0667. The number of rotatable bonds is 1. The summed E-state index contributed by atoms with van der Waals surface area (Å²) >= 11 is 0. The average Bonchev–Trinajstić information content (AvgIpc) is 2.39. The van der Waals surface area contributed by atoms with Crippen LogP contribution in [-0.2, 0) is 0 Å². The number of hydrogen-bond acceptors (Lipinski definition) is 2. The SMILES string of the molecule is Cc1ccccc1-c1ccc2c(=O)[nH]cnc2c1. The summed E-state index contributed by atoms with van der Waals surface area (Å²) in [7, 11) is 0. The number of aromatic amines is 1. The van der Waals surface area contributed by atoms with Crippen molar-refractivity contribution in [2.45, 2.75) is 6.92 Å². The number of benzene rings is 2. The number of aromatic nitrogens is 2. The summed E-state index contributed by atoms with van der Waals surface area (Å²) in [6, 6.07) is 13.9. The minimum Gasteiger partial charge on any atom is -0.313 e. The molecule has 1 aromatic heterocycles. The van der Waals surface area contributed by atoms with Crippen LogP contribution in [0.15, 0.2) is 53.6 Å². The van der Waals surface area contributed by atoms with Crippen LogP contribution in [0.25, 0.3) is 22.0 Å². The Kier molecular flexibility index (Phi) is 2.45. The molecule has 0 aliphatic heterocycles. The molecule has 0 aliphatic rings. The van der Waals surface area contributed by atoms with Gasteiger partial charge in [-0.1, -0.05) is 30.3 Å². The highest BCUT2D eigenvalue weighted by Gasteiger charge is 2.04. The predicted octanol–water partition coefficient (Wildman–Crippen LogP) is 2.90. The van der Waals surface area contributed by atoms with E-state index in [1.54, 1.807) is 0 Å². The Morgan fingerprint density at radius 3 is 2.78 bits per heavy atom. The standard InChI is InChI=1S/C15H12N2O/c1-10-4-2-3-5-12(10)11-6-7-13-14(8-11)16-9-17-15(13)18/h2-9H,1H3,(H,16,17,18). The molecule has 0 unspecified atom stereocenters. The number of hydrogen-bond donors (Lipinski definition) is 1. The van der Waals surface area contributed by atoms with Gasteiger partial charge in [-0.05, 0) is 35.7 Å². The van der Waals surface area contributed by atoms with E-state index in [9.17, 15) is 4.79 Å². The van der Waals surface area contributed by atoms with Gasteiger partial charge >= 0.3 is 0 Å². The molecule has 0 bridgehead atoms. The molecule has 3 heteroatoms. The van der Waals surface area contributed by atoms with Gasteiger partial charge in [0.25, 0.3) is 5.56 Å². The number of aryl methyl sites for hydroxylation is 1. The van der Waals surface area contributed by atoms with Crippen LogP contribution in [-0.4, -0.2) is 9.97 Å². The average molecular weight is 236 g/mol. The molecule has 0 amide bonds. The van der Waals surface area contributed by atoms with E-state index in [2.05, 4.69) is 29.0 Å². The van der Waals surface area contributed by atoms with E-state index >= 15 is 0 Å². The maximum atomic E-state index is 11.6. The normalized spacial score (nSPS) is 10.7. The predicted molar refractivity (Wildman–Crippen MR) is 72.5 cm³/mol. The minimum atomic E-state index is -0.101. The van der Waals surface area contributed by atoms with Crippen molar-refractivity contribution in [1.29, 1.82) is 0 Å². The van der Waals surface area contributed by atoms with Crippen LogP contribution in [0.2, 0.25) is 0 Å². The smallest absolute Gasteiger partial charge is 0.258 e. The molecule has 2 aromatic carbocycles. The van der Waals surface area contributed by atoms with E-state index in [-0.39, 0.29) is 5.56 Å². The molecular formula is C15H12N2O. The quantitative estimate of drug-likeness (QED) is 0.706. The van der Waals surface area contributed by atoms with Crippen LogP contribution in [0.5, 0.6) is 0 Å². The van der Waals surface area contributed by atoms with Crippen molar-refractivity contribution < 1.29 is 0 Å². The Labute approximate surface area is 104 Å². The van der Waals surface area contributed by atoms with E-state index in [1.807, 2.05) is 30.3 Å². The second-order valence-electron chi connectivity index (χ2n) is 4.28. The molecule has 3 rings (SSSR count). The van der Waals surface area contributed by atoms with Gasteiger partial charge in [-0.25, -0.2) is 4.98 Å². The summed E-state index contributed by atoms with van der Waals surface area (Å²) in [5.41, 5.74) is 4.08. The topological polar surface area (TPSA) is 45.8 Å². The first kappa shape index (κ1) is 10.7. The molecule has 0 aliphatic carbocycles. The number of nitrogens with one attached hydrogen (secondary N) is 1. The molecular weight excluding hydrogens is 224 g/mol. The molecule has 0 radical (unpaired) electrons. The van der Waals surface area contributed by atoms with Crippen molar-refractivity contribution in [2.75, 3.05) is 0 Å². The van der Waals surface area contributed by atoms with Crippen molar-refractivity contribution >= 4 is 10.9 Å². The number of nitrogens with zero attached hydrogens (tertiary/aromatic N) is 1. The number of H-pyrrole nitrogens is 1. The Bertz CT molecular complexity index is 775. The molecule has 0 saturated carbocycles. The van der Waals surface area contributed by atoms with Gasteiger partial charge in [0.2, 0.25) is 0 Å². The van der Waals surface area contributed by atoms with Gasteiger partial charge in [0.15, 0.2) is 0 Å². The van der Waals surface area contributed by atoms with Crippen LogP contribution in [0, 0.1) is 6.92 Å². The van der Waals surface area contributed by atoms with E-state index < -0.39 is 0 Å². The molecule has 1 N–H and O–H groups in total. The summed E-state index contributed by atoms with van der Waals surface area (Å²) in [6.07, 6.45) is 1.44. The van der Waals surface area contributed by atoms with E-state index in [0.717, 1.165) is 11.1 Å². The molecule has 18 heavy (non-hydrogen) atoms. The van der Waals surface area contributed by atoms with Crippen molar-refractivity contribution in [1.82, 2.24) is 9.97 Å². The summed E-state index contributed by atoms with van der Waals surface area (Å²) in [5.74, 6) is 0. The molecule has 88 valence electrons. The van der Waals surface area contributed by atoms with Crippen molar-refractivity contribution in [3.05, 3.63) is 64.7 Å². The summed E-state index contributed by atoms with van der Waals surface area (Å²) in [6.45, 7) is 2.07. The third kappa shape index (κ3) is 1.70. The van der Waals surface area contributed by atoms with E-state index in [1.165, 1.54) is 17.5 Å². The first-order valence-electron chi connectivity index (χ1n) is 5.79. The van der Waals surface area contributed by atoms with Gasteiger partial charge in [-0.2, -0.15) is 0 Å². The van der Waals surface area contributed by atoms with Gasteiger partial charge in [-0.15, -0.1) is 0 Å². The van der Waals surface area contributed by atoms with Gasteiger partial charge in [0.05, 0.1) is 17.2 Å². The zero-order chi connectivity index (χ0) is 12.5. The van der Waals surface area contributed by atoms with Crippen molar-refractivity contribution in [3.8, 4) is 11.1 Å². The fourth-order valence-electron chi connectivity index (χ4n) is 2.13. The Morgan fingerprint density at radius 1 is 1.11 bits per heavy atom. The van der Waals surface area contributed by atoms with Crippen LogP contribution >= 0.6 is 0 Å². The molecule has 0 spiro atoms. The zero-order valence-corrected chi connectivity index (χ0v) is 9.97. The molecule has 0 atom stereocenters. The Balaban J connectivity index is 2.27. The lowest BCUT2D eigenvalue weighted by atomic mass is 10.00. The molecule has 1 heterocycles. The van der Waals surface area contributed by atoms with Crippen LogP contribution in [0.1, 0.15) is 5.56 Å². The first-order valence-corrected chi connectivity index (χ1v) is 5.79. The maximum Gasteiger partial charge on any atom is 0.258 e. The van der Waals surface area contributed by atoms with E-state index in [4.69, 9.17) is 0 Å². The lowest BCUT2D eigenvalue weighted by Crippen LogP contribution is -2.05. The second kappa shape index (κ2) is 4.11. The van der Waals surface area contributed by atoms with Gasteiger partial charge in [0.1, 0.15) is 0 Å². The van der Waals surface area contributed by atoms with Crippen LogP contribution < -0.4 is 5.56 Å². The molecule has 0 saturated heterocycles. The van der Waals surface area contributed by atoms with Crippen molar-refractivity contribution in [3.63, 3.8) is 0 Å². The molecule has 3 nitrogen and oxygen atoms in total. The Morgan fingerprint density at radius 2 is 1.94 bits per heavy atom. The number of fused-ring (bicyclic) bond motifs is 1. The second-order valence-corrected chi connectivity index (χ2v) is 4.28. The summed E-state index contributed by atoms with van der Waals surface area (Å²) < 4.78 is 0. The largest absolute Gasteiger partial charge is 0.313 e. The first-order chi connectivity index (χ1) is 8.75. The van der Waals surface area contributed by atoms with Gasteiger partial charge < -0.3 is 4.98 Å². The monoisotopic (exact) mass is 236 g/mol. The summed E-state index contributed by atoms with van der Waals surface area (Å²) in [4.78, 5) is 18.4. The van der Waals surface area contributed by atoms with E-state index in [0.29, 0.717) is 5.39 Å². The Hall–Kier alpha value is -2.42. The minimum absolute atomic E-state index is 0.101. The maximum absolute atomic E-state index is 11.6. The lowest BCUT2D eigenvalue weighted by molar-refractivity contribution is 1.17. The van der Waals surface area contributed by atoms with Crippen molar-refractivity contribution in [2.24, 2.45) is 0 Å². The van der Waals surface area contributed by atoms with Crippen LogP contribution in [0.4, 0.5) is 0 Å². The highest BCUT2D eigenvalue weighted by Crippen LogP contribution is 2.24. The third-order valence-electron chi connectivity index (χ3n) is 3.10. The third-order valence-corrected chi connectivity index (χ3v) is 3.10. The lowest BCUT2D eigenvalue weighted by Gasteiger charge is -2.06.